The van der Waals surface area contributed by atoms with Crippen LogP contribution in [0.1, 0.15) is 64.0 Å². The Labute approximate surface area is 201 Å². The lowest BCUT2D eigenvalue weighted by Gasteiger charge is -2.45. The van der Waals surface area contributed by atoms with Crippen molar-refractivity contribution in [2.45, 2.75) is 70.6 Å². The molecule has 0 saturated carbocycles. The topological polar surface area (TPSA) is 16.1 Å². The molecule has 1 unspecified atom stereocenters. The van der Waals surface area contributed by atoms with Crippen molar-refractivity contribution in [3.63, 3.8) is 0 Å². The SMILES string of the molecule is CC(C)CC[C@@H](c1ccc(-c2ccccn2)cc1)N1CCCC[C@@H]1C1C=CC(C(F)(F)F)=CC1. The third-order valence-corrected chi connectivity index (χ3v) is 7.22. The van der Waals surface area contributed by atoms with E-state index in [9.17, 15) is 13.2 Å². The monoisotopic (exact) mass is 468 g/mol. The number of pyridine rings is 1. The first-order valence-electron chi connectivity index (χ1n) is 12.6. The van der Waals surface area contributed by atoms with Gasteiger partial charge in [0, 0.05) is 23.8 Å². The van der Waals surface area contributed by atoms with Gasteiger partial charge in [-0.3, -0.25) is 9.88 Å². The van der Waals surface area contributed by atoms with Crippen LogP contribution in [0.5, 0.6) is 0 Å². The largest absolute Gasteiger partial charge is 0.416 e. The molecule has 1 saturated heterocycles. The molecule has 1 aliphatic heterocycles. The van der Waals surface area contributed by atoms with E-state index >= 15 is 0 Å². The third-order valence-electron chi connectivity index (χ3n) is 7.22. The molecule has 0 radical (unpaired) electrons. The summed E-state index contributed by atoms with van der Waals surface area (Å²) in [7, 11) is 0. The molecule has 1 fully saturated rings. The summed E-state index contributed by atoms with van der Waals surface area (Å²) >= 11 is 0. The molecule has 2 nitrogen and oxygen atoms in total. The average molecular weight is 469 g/mol. The van der Waals surface area contributed by atoms with Gasteiger partial charge in [-0.05, 0) is 68.2 Å². The quantitative estimate of drug-likeness (QED) is 0.408. The van der Waals surface area contributed by atoms with Crippen LogP contribution in [0.3, 0.4) is 0 Å². The van der Waals surface area contributed by atoms with E-state index in [4.69, 9.17) is 0 Å². The Morgan fingerprint density at radius 1 is 1.03 bits per heavy atom. The summed E-state index contributed by atoms with van der Waals surface area (Å²) in [5.41, 5.74) is 2.84. The highest BCUT2D eigenvalue weighted by Gasteiger charge is 2.37. The maximum Gasteiger partial charge on any atom is 0.416 e. The Hall–Kier alpha value is -2.40. The fourth-order valence-corrected chi connectivity index (χ4v) is 5.38. The Kier molecular flexibility index (Phi) is 7.92. The summed E-state index contributed by atoms with van der Waals surface area (Å²) in [4.78, 5) is 7.07. The van der Waals surface area contributed by atoms with Crippen molar-refractivity contribution in [1.29, 1.82) is 0 Å². The molecule has 1 aromatic carbocycles. The first-order chi connectivity index (χ1) is 16.3. The lowest BCUT2D eigenvalue weighted by atomic mass is 9.82. The zero-order chi connectivity index (χ0) is 24.1. The Morgan fingerprint density at radius 3 is 2.44 bits per heavy atom. The Morgan fingerprint density at radius 2 is 1.82 bits per heavy atom. The van der Waals surface area contributed by atoms with Crippen LogP contribution in [0, 0.1) is 11.8 Å². The third kappa shape index (κ3) is 5.99. The van der Waals surface area contributed by atoms with Crippen molar-refractivity contribution >= 4 is 0 Å². The molecule has 1 aliphatic carbocycles. The number of alkyl halides is 3. The second-order valence-corrected chi connectivity index (χ2v) is 10.0. The standard InChI is InChI=1S/C29H35F3N2/c1-21(2)9-18-28(23-12-10-22(11-13-23)26-7-3-5-19-33-26)34-20-6-4-8-27(34)24-14-16-25(17-15-24)29(30,31)32/h3,5,7,10-14,16-17,19,21,24,27-28H,4,6,8-9,15,18,20H2,1-2H3/t24?,27-,28+/m1/s1. The number of piperidine rings is 1. The highest BCUT2D eigenvalue weighted by Crippen LogP contribution is 2.40. The lowest BCUT2D eigenvalue weighted by molar-refractivity contribution is -0.0889. The normalized spacial score (nSPS) is 22.6. The van der Waals surface area contributed by atoms with Crippen LogP contribution >= 0.6 is 0 Å². The van der Waals surface area contributed by atoms with Gasteiger partial charge in [0.05, 0.1) is 11.3 Å². The smallest absolute Gasteiger partial charge is 0.293 e. The molecule has 0 bridgehead atoms. The van der Waals surface area contributed by atoms with E-state index in [2.05, 4.69) is 48.0 Å². The van der Waals surface area contributed by atoms with Crippen molar-refractivity contribution in [3.8, 4) is 11.3 Å². The molecule has 3 atom stereocenters. The molecule has 2 heterocycles. The summed E-state index contributed by atoms with van der Waals surface area (Å²) in [6, 6.07) is 15.2. The van der Waals surface area contributed by atoms with Crippen molar-refractivity contribution in [2.75, 3.05) is 6.54 Å². The summed E-state index contributed by atoms with van der Waals surface area (Å²) in [5, 5.41) is 0. The number of benzene rings is 1. The predicted molar refractivity (Wildman–Crippen MR) is 132 cm³/mol. The molecule has 0 amide bonds. The van der Waals surface area contributed by atoms with Crippen LogP contribution in [0.2, 0.25) is 0 Å². The van der Waals surface area contributed by atoms with E-state index in [1.165, 1.54) is 17.7 Å². The van der Waals surface area contributed by atoms with Gasteiger partial charge in [-0.15, -0.1) is 0 Å². The summed E-state index contributed by atoms with van der Waals surface area (Å²) < 4.78 is 39.4. The number of hydrogen-bond donors (Lipinski definition) is 0. The minimum absolute atomic E-state index is 0.126. The van der Waals surface area contributed by atoms with E-state index in [1.54, 1.807) is 0 Å². The van der Waals surface area contributed by atoms with E-state index in [1.807, 2.05) is 30.5 Å². The predicted octanol–water partition coefficient (Wildman–Crippen LogP) is 8.15. The summed E-state index contributed by atoms with van der Waals surface area (Å²) in [6.45, 7) is 5.50. The fraction of sp³-hybridized carbons (Fsp3) is 0.483. The van der Waals surface area contributed by atoms with Gasteiger partial charge in [-0.25, -0.2) is 0 Å². The molecule has 4 rings (SSSR count). The van der Waals surface area contributed by atoms with Crippen LogP contribution in [0.25, 0.3) is 11.3 Å². The van der Waals surface area contributed by atoms with Crippen LogP contribution in [0.4, 0.5) is 13.2 Å². The number of allylic oxidation sites excluding steroid dienone is 3. The zero-order valence-corrected chi connectivity index (χ0v) is 20.1. The van der Waals surface area contributed by atoms with Crippen molar-refractivity contribution in [3.05, 3.63) is 78.0 Å². The number of nitrogens with zero attached hydrogens (tertiary/aromatic N) is 2. The maximum atomic E-state index is 13.1. The van der Waals surface area contributed by atoms with Crippen LogP contribution < -0.4 is 0 Å². The first-order valence-corrected chi connectivity index (χ1v) is 12.6. The molecule has 2 aliphatic rings. The molecule has 2 aromatic rings. The molecule has 0 N–H and O–H groups in total. The van der Waals surface area contributed by atoms with Crippen molar-refractivity contribution < 1.29 is 13.2 Å². The van der Waals surface area contributed by atoms with Gasteiger partial charge in [0.2, 0.25) is 0 Å². The van der Waals surface area contributed by atoms with Gasteiger partial charge >= 0.3 is 6.18 Å². The van der Waals surface area contributed by atoms with E-state index < -0.39 is 11.7 Å². The summed E-state index contributed by atoms with van der Waals surface area (Å²) in [5.74, 6) is 0.728. The number of aromatic nitrogens is 1. The molecule has 0 spiro atoms. The maximum absolute atomic E-state index is 13.1. The molecular formula is C29H35F3N2. The minimum atomic E-state index is -4.26. The molecule has 34 heavy (non-hydrogen) atoms. The van der Waals surface area contributed by atoms with Gasteiger partial charge in [-0.2, -0.15) is 13.2 Å². The van der Waals surface area contributed by atoms with Gasteiger partial charge < -0.3 is 0 Å². The van der Waals surface area contributed by atoms with Gasteiger partial charge in [-0.1, -0.05) is 68.8 Å². The van der Waals surface area contributed by atoms with E-state index in [0.717, 1.165) is 49.9 Å². The minimum Gasteiger partial charge on any atom is -0.293 e. The fourth-order valence-electron chi connectivity index (χ4n) is 5.38. The van der Waals surface area contributed by atoms with Crippen LogP contribution in [0.15, 0.2) is 72.5 Å². The first kappa shape index (κ1) is 24.7. The van der Waals surface area contributed by atoms with Crippen LogP contribution in [-0.4, -0.2) is 28.6 Å². The highest BCUT2D eigenvalue weighted by molar-refractivity contribution is 5.59. The van der Waals surface area contributed by atoms with Gasteiger partial charge in [0.1, 0.15) is 0 Å². The second kappa shape index (κ2) is 10.9. The Balaban J connectivity index is 1.58. The average Bonchev–Trinajstić information content (AvgIpc) is 2.85. The number of rotatable bonds is 7. The summed E-state index contributed by atoms with van der Waals surface area (Å²) in [6.07, 6.45) is 8.00. The number of halogens is 3. The number of likely N-dealkylation sites (tertiary alicyclic amines) is 1. The van der Waals surface area contributed by atoms with E-state index in [0.29, 0.717) is 12.3 Å². The van der Waals surface area contributed by atoms with Crippen LogP contribution in [-0.2, 0) is 0 Å². The van der Waals surface area contributed by atoms with Crippen molar-refractivity contribution in [2.24, 2.45) is 11.8 Å². The molecule has 1 aromatic heterocycles. The Bertz CT molecular complexity index is 977. The zero-order valence-electron chi connectivity index (χ0n) is 20.1. The molecular weight excluding hydrogens is 433 g/mol. The van der Waals surface area contributed by atoms with E-state index in [-0.39, 0.29) is 18.0 Å². The van der Waals surface area contributed by atoms with Gasteiger partial charge in [0.15, 0.2) is 0 Å². The molecule has 182 valence electrons. The van der Waals surface area contributed by atoms with Gasteiger partial charge in [0.25, 0.3) is 0 Å². The second-order valence-electron chi connectivity index (χ2n) is 10.0. The highest BCUT2D eigenvalue weighted by atomic mass is 19.4. The molecule has 5 heteroatoms. The number of hydrogen-bond acceptors (Lipinski definition) is 2. The lowest BCUT2D eigenvalue weighted by Crippen LogP contribution is -2.46. The van der Waals surface area contributed by atoms with Crippen molar-refractivity contribution in [1.82, 2.24) is 9.88 Å².